The molecule has 2 atom stereocenters. The van der Waals surface area contributed by atoms with Crippen LogP contribution < -0.4 is 10.1 Å². The molecule has 3 nitrogen and oxygen atoms in total. The van der Waals surface area contributed by atoms with E-state index < -0.39 is 0 Å². The van der Waals surface area contributed by atoms with Crippen LogP contribution in [0.15, 0.2) is 24.3 Å². The first-order chi connectivity index (χ1) is 8.71. The molecule has 0 bridgehead atoms. The summed E-state index contributed by atoms with van der Waals surface area (Å²) in [5, 5.41) is 3.35. The Morgan fingerprint density at radius 3 is 2.33 bits per heavy atom. The molecule has 0 aliphatic carbocycles. The zero-order valence-electron chi connectivity index (χ0n) is 11.9. The van der Waals surface area contributed by atoms with Crippen molar-refractivity contribution in [2.45, 2.75) is 38.8 Å². The highest BCUT2D eigenvalue weighted by molar-refractivity contribution is 5.29. The first-order valence-corrected chi connectivity index (χ1v) is 6.64. The Hall–Kier alpha value is -1.06. The Kier molecular flexibility index (Phi) is 6.76. The average molecular weight is 251 g/mol. The van der Waals surface area contributed by atoms with Gasteiger partial charge >= 0.3 is 0 Å². The van der Waals surface area contributed by atoms with Crippen LogP contribution in [0.2, 0.25) is 0 Å². The van der Waals surface area contributed by atoms with Crippen LogP contribution in [0.1, 0.15) is 38.3 Å². The van der Waals surface area contributed by atoms with Crippen molar-refractivity contribution in [1.29, 1.82) is 0 Å². The van der Waals surface area contributed by atoms with Crippen molar-refractivity contribution in [1.82, 2.24) is 5.32 Å². The molecule has 0 saturated heterocycles. The van der Waals surface area contributed by atoms with Gasteiger partial charge in [0.2, 0.25) is 0 Å². The van der Waals surface area contributed by atoms with E-state index in [9.17, 15) is 0 Å². The molecule has 0 amide bonds. The molecule has 1 rings (SSSR count). The summed E-state index contributed by atoms with van der Waals surface area (Å²) in [6, 6.07) is 8.69. The molecule has 2 unspecified atom stereocenters. The van der Waals surface area contributed by atoms with Gasteiger partial charge < -0.3 is 14.8 Å². The van der Waals surface area contributed by atoms with E-state index in [1.54, 1.807) is 7.11 Å². The van der Waals surface area contributed by atoms with Gasteiger partial charge in [0.25, 0.3) is 0 Å². The second-order valence-electron chi connectivity index (χ2n) is 4.47. The highest BCUT2D eigenvalue weighted by Crippen LogP contribution is 2.22. The summed E-state index contributed by atoms with van der Waals surface area (Å²) >= 11 is 0. The maximum Gasteiger partial charge on any atom is 0.119 e. The average Bonchev–Trinajstić information content (AvgIpc) is 2.41. The molecule has 0 aliphatic heterocycles. The fourth-order valence-corrected chi connectivity index (χ4v) is 1.96. The van der Waals surface area contributed by atoms with Crippen molar-refractivity contribution >= 4 is 0 Å². The summed E-state index contributed by atoms with van der Waals surface area (Å²) in [6.07, 6.45) is 2.43. The third-order valence-electron chi connectivity index (χ3n) is 3.21. The predicted molar refractivity (Wildman–Crippen MR) is 75.1 cm³/mol. The highest BCUT2D eigenvalue weighted by Gasteiger charge is 2.11. The maximum atomic E-state index is 5.45. The van der Waals surface area contributed by atoms with Crippen LogP contribution in [0.4, 0.5) is 0 Å². The Morgan fingerprint density at radius 1 is 1.17 bits per heavy atom. The van der Waals surface area contributed by atoms with Crippen molar-refractivity contribution in [2.75, 3.05) is 20.8 Å². The fraction of sp³-hybridized carbons (Fsp3) is 0.600. The molecule has 0 aliphatic rings. The molecular weight excluding hydrogens is 226 g/mol. The van der Waals surface area contributed by atoms with Gasteiger partial charge in [-0.05, 0) is 51.4 Å². The van der Waals surface area contributed by atoms with E-state index in [1.165, 1.54) is 5.56 Å². The van der Waals surface area contributed by atoms with Gasteiger partial charge in [-0.2, -0.15) is 0 Å². The number of hydrogen-bond acceptors (Lipinski definition) is 3. The predicted octanol–water partition coefficient (Wildman–Crippen LogP) is 3.16. The summed E-state index contributed by atoms with van der Waals surface area (Å²) in [7, 11) is 3.76. The minimum absolute atomic E-state index is 0.309. The lowest BCUT2D eigenvalue weighted by Gasteiger charge is -2.19. The molecule has 18 heavy (non-hydrogen) atoms. The molecule has 0 saturated carbocycles. The Balaban J connectivity index is 2.58. The van der Waals surface area contributed by atoms with Crippen LogP contribution in [-0.4, -0.2) is 26.9 Å². The topological polar surface area (TPSA) is 30.5 Å². The Morgan fingerprint density at radius 2 is 1.83 bits per heavy atom. The smallest absolute Gasteiger partial charge is 0.119 e. The zero-order valence-corrected chi connectivity index (χ0v) is 11.9. The van der Waals surface area contributed by atoms with Crippen molar-refractivity contribution in [3.05, 3.63) is 29.8 Å². The third-order valence-corrected chi connectivity index (χ3v) is 3.21. The lowest BCUT2D eigenvalue weighted by atomic mass is 10.0. The standard InChI is InChI=1S/C15H25NO2/c1-5-18-14-9-7-13(8-10-14)15(16-3)11-6-12(2)17-4/h7-10,12,15-16H,5-6,11H2,1-4H3. The van der Waals surface area contributed by atoms with Crippen molar-refractivity contribution in [2.24, 2.45) is 0 Å². The van der Waals surface area contributed by atoms with Crippen LogP contribution in [0.5, 0.6) is 5.75 Å². The first kappa shape index (κ1) is 15.0. The third kappa shape index (κ3) is 4.67. The first-order valence-electron chi connectivity index (χ1n) is 6.64. The van der Waals surface area contributed by atoms with Crippen LogP contribution in [0.25, 0.3) is 0 Å². The molecule has 0 spiro atoms. The zero-order chi connectivity index (χ0) is 13.4. The SMILES string of the molecule is CCOc1ccc(C(CCC(C)OC)NC)cc1. The number of nitrogens with one attached hydrogen (secondary N) is 1. The number of rotatable bonds is 8. The summed E-state index contributed by atoms with van der Waals surface area (Å²) in [4.78, 5) is 0. The molecule has 0 heterocycles. The number of methoxy groups -OCH3 is 1. The van der Waals surface area contributed by atoms with Crippen LogP contribution >= 0.6 is 0 Å². The molecular formula is C15H25NO2. The number of hydrogen-bond donors (Lipinski definition) is 1. The van der Waals surface area contributed by atoms with E-state index in [0.29, 0.717) is 18.8 Å². The molecule has 1 aromatic rings. The quantitative estimate of drug-likeness (QED) is 0.770. The van der Waals surface area contributed by atoms with Gasteiger partial charge in [0.15, 0.2) is 0 Å². The summed E-state index contributed by atoms with van der Waals surface area (Å²) in [5.74, 6) is 0.932. The van der Waals surface area contributed by atoms with Gasteiger partial charge in [-0.1, -0.05) is 12.1 Å². The normalized spacial score (nSPS) is 14.2. The summed E-state index contributed by atoms with van der Waals surface area (Å²) in [6.45, 7) is 4.81. The van der Waals surface area contributed by atoms with E-state index in [4.69, 9.17) is 9.47 Å². The van der Waals surface area contributed by atoms with E-state index in [2.05, 4.69) is 24.4 Å². The lowest BCUT2D eigenvalue weighted by molar-refractivity contribution is 0.106. The van der Waals surface area contributed by atoms with E-state index in [-0.39, 0.29) is 0 Å². The van der Waals surface area contributed by atoms with Gasteiger partial charge in [0.1, 0.15) is 5.75 Å². The molecule has 3 heteroatoms. The fourth-order valence-electron chi connectivity index (χ4n) is 1.96. The number of ether oxygens (including phenoxy) is 2. The summed E-state index contributed by atoms with van der Waals surface area (Å²) < 4.78 is 10.7. The monoisotopic (exact) mass is 251 g/mol. The molecule has 0 fully saturated rings. The largest absolute Gasteiger partial charge is 0.494 e. The molecule has 102 valence electrons. The van der Waals surface area contributed by atoms with Crippen LogP contribution in [-0.2, 0) is 4.74 Å². The second-order valence-corrected chi connectivity index (χ2v) is 4.47. The molecule has 1 N–H and O–H groups in total. The van der Waals surface area contributed by atoms with Gasteiger partial charge in [-0.3, -0.25) is 0 Å². The van der Waals surface area contributed by atoms with Crippen LogP contribution in [0, 0.1) is 0 Å². The Bertz CT molecular complexity index is 324. The van der Waals surface area contributed by atoms with E-state index >= 15 is 0 Å². The van der Waals surface area contributed by atoms with Gasteiger partial charge in [0.05, 0.1) is 12.7 Å². The van der Waals surface area contributed by atoms with Crippen molar-refractivity contribution < 1.29 is 9.47 Å². The van der Waals surface area contributed by atoms with Gasteiger partial charge in [-0.15, -0.1) is 0 Å². The van der Waals surface area contributed by atoms with Crippen molar-refractivity contribution in [3.63, 3.8) is 0 Å². The van der Waals surface area contributed by atoms with Crippen molar-refractivity contribution in [3.8, 4) is 5.75 Å². The molecule has 1 aromatic carbocycles. The summed E-state index contributed by atoms with van der Waals surface area (Å²) in [5.41, 5.74) is 1.30. The molecule has 0 aromatic heterocycles. The van der Waals surface area contributed by atoms with E-state index in [0.717, 1.165) is 18.6 Å². The maximum absolute atomic E-state index is 5.45. The minimum Gasteiger partial charge on any atom is -0.494 e. The Labute approximate surface area is 110 Å². The van der Waals surface area contributed by atoms with Crippen LogP contribution in [0.3, 0.4) is 0 Å². The van der Waals surface area contributed by atoms with Gasteiger partial charge in [-0.25, -0.2) is 0 Å². The second kappa shape index (κ2) is 8.11. The molecule has 0 radical (unpaired) electrons. The lowest BCUT2D eigenvalue weighted by Crippen LogP contribution is -2.18. The van der Waals surface area contributed by atoms with Gasteiger partial charge in [0, 0.05) is 13.2 Å². The minimum atomic E-state index is 0.309. The number of benzene rings is 1. The highest BCUT2D eigenvalue weighted by atomic mass is 16.5. The van der Waals surface area contributed by atoms with E-state index in [1.807, 2.05) is 26.1 Å².